The number of phenols is 1. The number of carboxylic acid groups (broad SMARTS) is 1. The molecule has 4 nitrogen and oxygen atoms in total. The Bertz CT molecular complexity index is 512. The number of aliphatic carboxylic acids is 1. The molecule has 78 valence electrons. The summed E-state index contributed by atoms with van der Waals surface area (Å²) < 4.78 is 5.09. The Labute approximate surface area is 85.8 Å². The Hall–Kier alpha value is -1.97. The molecule has 1 heterocycles. The third-order valence-corrected chi connectivity index (χ3v) is 2.44. The predicted octanol–water partition coefficient (Wildman–Crippen LogP) is 2.33. The molecule has 0 aliphatic heterocycles. The Kier molecular flexibility index (Phi) is 2.11. The van der Waals surface area contributed by atoms with Gasteiger partial charge >= 0.3 is 5.97 Å². The zero-order chi connectivity index (χ0) is 11.0. The second-order valence-corrected chi connectivity index (χ2v) is 3.43. The van der Waals surface area contributed by atoms with Crippen molar-refractivity contribution in [2.45, 2.75) is 12.8 Å². The van der Waals surface area contributed by atoms with Crippen molar-refractivity contribution in [1.82, 2.24) is 0 Å². The highest BCUT2D eigenvalue weighted by molar-refractivity contribution is 5.84. The first-order valence-electron chi connectivity index (χ1n) is 4.52. The number of benzene rings is 1. The summed E-state index contributed by atoms with van der Waals surface area (Å²) in [4.78, 5) is 10.8. The van der Waals surface area contributed by atoms with E-state index in [0.29, 0.717) is 11.1 Å². The maximum Gasteiger partial charge on any atom is 0.310 e. The maximum absolute atomic E-state index is 10.8. The Balaban J connectivity index is 2.59. The Morgan fingerprint density at radius 3 is 2.87 bits per heavy atom. The predicted molar refractivity (Wildman–Crippen MR) is 53.9 cm³/mol. The van der Waals surface area contributed by atoms with Crippen molar-refractivity contribution >= 4 is 16.9 Å². The van der Waals surface area contributed by atoms with Crippen molar-refractivity contribution in [1.29, 1.82) is 0 Å². The van der Waals surface area contributed by atoms with E-state index in [4.69, 9.17) is 9.52 Å². The molecule has 0 saturated carbocycles. The van der Waals surface area contributed by atoms with Crippen molar-refractivity contribution in [3.05, 3.63) is 30.0 Å². The van der Waals surface area contributed by atoms with E-state index in [1.54, 1.807) is 12.1 Å². The Morgan fingerprint density at radius 1 is 1.47 bits per heavy atom. The lowest BCUT2D eigenvalue weighted by molar-refractivity contribution is -0.138. The minimum absolute atomic E-state index is 0.0487. The van der Waals surface area contributed by atoms with Gasteiger partial charge in [-0.05, 0) is 19.1 Å². The van der Waals surface area contributed by atoms with Gasteiger partial charge in [0.2, 0.25) is 0 Å². The average Bonchev–Trinajstić information content (AvgIpc) is 2.62. The van der Waals surface area contributed by atoms with Crippen molar-refractivity contribution in [3.8, 4) is 5.75 Å². The van der Waals surface area contributed by atoms with E-state index in [-0.39, 0.29) is 5.75 Å². The monoisotopic (exact) mass is 206 g/mol. The third kappa shape index (κ3) is 1.54. The molecular weight excluding hydrogens is 196 g/mol. The summed E-state index contributed by atoms with van der Waals surface area (Å²) in [6.07, 6.45) is 1.50. The van der Waals surface area contributed by atoms with Gasteiger partial charge < -0.3 is 14.6 Å². The molecule has 2 rings (SSSR count). The molecule has 0 spiro atoms. The van der Waals surface area contributed by atoms with E-state index in [2.05, 4.69) is 0 Å². The van der Waals surface area contributed by atoms with Crippen LogP contribution in [0, 0.1) is 0 Å². The Morgan fingerprint density at radius 2 is 2.20 bits per heavy atom. The first-order chi connectivity index (χ1) is 7.09. The second kappa shape index (κ2) is 3.31. The highest BCUT2D eigenvalue weighted by Gasteiger charge is 2.18. The van der Waals surface area contributed by atoms with E-state index in [9.17, 15) is 9.90 Å². The molecule has 2 N–H and O–H groups in total. The lowest BCUT2D eigenvalue weighted by Gasteiger charge is -2.08. The molecule has 15 heavy (non-hydrogen) atoms. The van der Waals surface area contributed by atoms with Gasteiger partial charge in [0.15, 0.2) is 0 Å². The summed E-state index contributed by atoms with van der Waals surface area (Å²) in [5, 5.41) is 19.3. The van der Waals surface area contributed by atoms with Gasteiger partial charge in [0.05, 0.1) is 12.2 Å². The number of carbonyl (C=O) groups is 1. The zero-order valence-corrected chi connectivity index (χ0v) is 8.10. The molecule has 0 aliphatic rings. The first-order valence-corrected chi connectivity index (χ1v) is 4.52. The molecule has 1 aromatic heterocycles. The largest absolute Gasteiger partial charge is 0.508 e. The van der Waals surface area contributed by atoms with E-state index < -0.39 is 11.9 Å². The molecule has 2 aromatic rings. The number of fused-ring (bicyclic) bond motifs is 1. The molecule has 1 unspecified atom stereocenters. The van der Waals surface area contributed by atoms with Crippen LogP contribution in [-0.2, 0) is 4.79 Å². The van der Waals surface area contributed by atoms with Crippen LogP contribution in [0.4, 0.5) is 0 Å². The SMILES string of the molecule is CC(C(=O)O)c1cc2ccoc2cc1O. The van der Waals surface area contributed by atoms with Crippen LogP contribution in [0.1, 0.15) is 18.4 Å². The lowest BCUT2D eigenvalue weighted by Crippen LogP contribution is -2.07. The highest BCUT2D eigenvalue weighted by Crippen LogP contribution is 2.31. The van der Waals surface area contributed by atoms with Crippen molar-refractivity contribution < 1.29 is 19.4 Å². The van der Waals surface area contributed by atoms with Gasteiger partial charge in [-0.2, -0.15) is 0 Å². The normalized spacial score (nSPS) is 12.9. The van der Waals surface area contributed by atoms with Crippen LogP contribution in [0.3, 0.4) is 0 Å². The van der Waals surface area contributed by atoms with E-state index >= 15 is 0 Å². The van der Waals surface area contributed by atoms with Crippen molar-refractivity contribution in [2.75, 3.05) is 0 Å². The fourth-order valence-electron chi connectivity index (χ4n) is 1.50. The highest BCUT2D eigenvalue weighted by atomic mass is 16.4. The molecule has 4 heteroatoms. The average molecular weight is 206 g/mol. The summed E-state index contributed by atoms with van der Waals surface area (Å²) in [5.74, 6) is -1.75. The quantitative estimate of drug-likeness (QED) is 0.791. The summed E-state index contributed by atoms with van der Waals surface area (Å²) in [7, 11) is 0. The van der Waals surface area contributed by atoms with E-state index in [1.807, 2.05) is 0 Å². The molecule has 0 amide bonds. The van der Waals surface area contributed by atoms with Gasteiger partial charge in [0.25, 0.3) is 0 Å². The molecule has 0 fully saturated rings. The zero-order valence-electron chi connectivity index (χ0n) is 8.10. The molecule has 1 atom stereocenters. The van der Waals surface area contributed by atoms with Crippen molar-refractivity contribution in [2.24, 2.45) is 0 Å². The standard InChI is InChI=1S/C11H10O4/c1-6(11(13)14)8-4-7-2-3-15-10(7)5-9(8)12/h2-6,12H,1H3,(H,13,14). The van der Waals surface area contributed by atoms with Gasteiger partial charge in [-0.15, -0.1) is 0 Å². The molecule has 0 radical (unpaired) electrons. The van der Waals surface area contributed by atoms with Crippen LogP contribution in [0.25, 0.3) is 11.0 Å². The summed E-state index contributed by atoms with van der Waals surface area (Å²) >= 11 is 0. The van der Waals surface area contributed by atoms with Crippen LogP contribution in [0.2, 0.25) is 0 Å². The van der Waals surface area contributed by atoms with Crippen LogP contribution in [0.15, 0.2) is 28.9 Å². The van der Waals surface area contributed by atoms with Gasteiger partial charge in [-0.1, -0.05) is 0 Å². The smallest absolute Gasteiger partial charge is 0.310 e. The maximum atomic E-state index is 10.8. The summed E-state index contributed by atoms with van der Waals surface area (Å²) in [6, 6.07) is 4.80. The summed E-state index contributed by atoms with van der Waals surface area (Å²) in [5.41, 5.74) is 0.949. The molecule has 0 aliphatic carbocycles. The van der Waals surface area contributed by atoms with Crippen molar-refractivity contribution in [3.63, 3.8) is 0 Å². The first kappa shape index (κ1) is 9.58. The number of hydrogen-bond acceptors (Lipinski definition) is 3. The topological polar surface area (TPSA) is 70.7 Å². The van der Waals surface area contributed by atoms with E-state index in [0.717, 1.165) is 5.39 Å². The van der Waals surface area contributed by atoms with Gasteiger partial charge in [-0.25, -0.2) is 0 Å². The van der Waals surface area contributed by atoms with Crippen LogP contribution in [-0.4, -0.2) is 16.2 Å². The third-order valence-electron chi connectivity index (χ3n) is 2.44. The number of hydrogen-bond donors (Lipinski definition) is 2. The van der Waals surface area contributed by atoms with Gasteiger partial charge in [0.1, 0.15) is 11.3 Å². The fraction of sp³-hybridized carbons (Fsp3) is 0.182. The van der Waals surface area contributed by atoms with Crippen LogP contribution >= 0.6 is 0 Å². The van der Waals surface area contributed by atoms with Crippen LogP contribution < -0.4 is 0 Å². The number of phenolic OH excluding ortho intramolecular Hbond substituents is 1. The number of furan rings is 1. The molecule has 0 saturated heterocycles. The van der Waals surface area contributed by atoms with Gasteiger partial charge in [0, 0.05) is 17.0 Å². The minimum atomic E-state index is -0.965. The van der Waals surface area contributed by atoms with E-state index in [1.165, 1.54) is 19.3 Å². The minimum Gasteiger partial charge on any atom is -0.508 e. The number of aromatic hydroxyl groups is 1. The second-order valence-electron chi connectivity index (χ2n) is 3.43. The van der Waals surface area contributed by atoms with Crippen LogP contribution in [0.5, 0.6) is 5.75 Å². The molecular formula is C11H10O4. The van der Waals surface area contributed by atoms with Gasteiger partial charge in [-0.3, -0.25) is 4.79 Å². The molecule has 0 bridgehead atoms. The number of rotatable bonds is 2. The fourth-order valence-corrected chi connectivity index (χ4v) is 1.50. The number of carboxylic acids is 1. The summed E-state index contributed by atoms with van der Waals surface area (Å²) in [6.45, 7) is 1.53. The lowest BCUT2D eigenvalue weighted by atomic mass is 9.99. The molecule has 1 aromatic carbocycles.